The summed E-state index contributed by atoms with van der Waals surface area (Å²) in [6.45, 7) is 2.28. The summed E-state index contributed by atoms with van der Waals surface area (Å²) in [5, 5.41) is 0. The maximum atomic E-state index is 2.30. The molecule has 0 aromatic heterocycles. The SMILES string of the molecule is CC1Cc2cccc1c2. The normalized spacial score (nSPS) is 22.6. The fourth-order valence-corrected chi connectivity index (χ4v) is 1.50. The van der Waals surface area contributed by atoms with Crippen molar-refractivity contribution in [2.24, 2.45) is 0 Å². The van der Waals surface area contributed by atoms with E-state index in [1.165, 1.54) is 17.5 Å². The molecule has 0 amide bonds. The van der Waals surface area contributed by atoms with Crippen LogP contribution < -0.4 is 0 Å². The zero-order valence-electron chi connectivity index (χ0n) is 5.59. The minimum Gasteiger partial charge on any atom is -0.0617 e. The van der Waals surface area contributed by atoms with Gasteiger partial charge in [0.05, 0.1) is 0 Å². The third-order valence-corrected chi connectivity index (χ3v) is 2.06. The van der Waals surface area contributed by atoms with Crippen LogP contribution in [0.25, 0.3) is 0 Å². The summed E-state index contributed by atoms with van der Waals surface area (Å²) >= 11 is 0. The lowest BCUT2D eigenvalue weighted by atomic mass is 10.1. The van der Waals surface area contributed by atoms with Crippen molar-refractivity contribution in [2.75, 3.05) is 0 Å². The van der Waals surface area contributed by atoms with Gasteiger partial charge in [0.2, 0.25) is 0 Å². The number of benzene rings is 1. The van der Waals surface area contributed by atoms with E-state index in [9.17, 15) is 0 Å². The van der Waals surface area contributed by atoms with Gasteiger partial charge < -0.3 is 0 Å². The Hall–Kier alpha value is -0.780. The highest BCUT2D eigenvalue weighted by molar-refractivity contribution is 5.33. The monoisotopic (exact) mass is 118 g/mol. The van der Waals surface area contributed by atoms with Crippen LogP contribution >= 0.6 is 0 Å². The van der Waals surface area contributed by atoms with Gasteiger partial charge in [-0.1, -0.05) is 31.2 Å². The Morgan fingerprint density at radius 1 is 1.44 bits per heavy atom. The van der Waals surface area contributed by atoms with E-state index in [2.05, 4.69) is 31.2 Å². The molecule has 0 radical (unpaired) electrons. The molecule has 1 aliphatic rings. The van der Waals surface area contributed by atoms with E-state index in [-0.39, 0.29) is 0 Å². The minimum atomic E-state index is 0.773. The van der Waals surface area contributed by atoms with Gasteiger partial charge in [-0.05, 0) is 23.5 Å². The molecule has 0 heteroatoms. The van der Waals surface area contributed by atoms with Crippen molar-refractivity contribution < 1.29 is 0 Å². The predicted molar refractivity (Wildman–Crippen MR) is 38.6 cm³/mol. The molecule has 0 aliphatic heterocycles. The molecule has 1 aromatic carbocycles. The smallest absolute Gasteiger partial charge is 0.0150 e. The van der Waals surface area contributed by atoms with Crippen LogP contribution in [-0.4, -0.2) is 0 Å². The summed E-state index contributed by atoms with van der Waals surface area (Å²) in [5.74, 6) is 0.773. The van der Waals surface area contributed by atoms with Crippen LogP contribution in [0.3, 0.4) is 0 Å². The molecular weight excluding hydrogens is 108 g/mol. The Kier molecular flexibility index (Phi) is 0.895. The summed E-state index contributed by atoms with van der Waals surface area (Å²) in [6, 6.07) is 8.85. The van der Waals surface area contributed by atoms with E-state index in [1.807, 2.05) is 0 Å². The van der Waals surface area contributed by atoms with Crippen molar-refractivity contribution in [1.29, 1.82) is 0 Å². The van der Waals surface area contributed by atoms with E-state index in [1.54, 1.807) is 0 Å². The molecule has 9 heavy (non-hydrogen) atoms. The first-order chi connectivity index (χ1) is 4.36. The van der Waals surface area contributed by atoms with Gasteiger partial charge in [0.25, 0.3) is 0 Å². The molecule has 1 aliphatic carbocycles. The topological polar surface area (TPSA) is 0 Å². The highest BCUT2D eigenvalue weighted by Gasteiger charge is 2.13. The number of hydrogen-bond donors (Lipinski definition) is 0. The second kappa shape index (κ2) is 1.60. The van der Waals surface area contributed by atoms with Crippen LogP contribution in [-0.2, 0) is 6.42 Å². The van der Waals surface area contributed by atoms with Crippen LogP contribution in [0.4, 0.5) is 0 Å². The Morgan fingerprint density at radius 2 is 2.33 bits per heavy atom. The summed E-state index contributed by atoms with van der Waals surface area (Å²) in [7, 11) is 0. The Bertz CT molecular complexity index is 225. The fourth-order valence-electron chi connectivity index (χ4n) is 1.50. The van der Waals surface area contributed by atoms with E-state index in [4.69, 9.17) is 0 Å². The number of fused-ring (bicyclic) bond motifs is 2. The molecule has 2 rings (SSSR count). The fraction of sp³-hybridized carbons (Fsp3) is 0.333. The molecule has 0 saturated heterocycles. The maximum Gasteiger partial charge on any atom is -0.0150 e. The van der Waals surface area contributed by atoms with Crippen molar-refractivity contribution in [3.05, 3.63) is 35.4 Å². The van der Waals surface area contributed by atoms with Crippen molar-refractivity contribution in [3.63, 3.8) is 0 Å². The van der Waals surface area contributed by atoms with Crippen LogP contribution in [0.5, 0.6) is 0 Å². The van der Waals surface area contributed by atoms with Crippen LogP contribution in [0, 0.1) is 0 Å². The standard InChI is InChI=1S/C9H10/c1-7-5-8-3-2-4-9(7)6-8/h2-4,6-7H,5H2,1H3. The molecule has 0 nitrogen and oxygen atoms in total. The average molecular weight is 118 g/mol. The average Bonchev–Trinajstić information content (AvgIpc) is 2.09. The Morgan fingerprint density at radius 3 is 3.00 bits per heavy atom. The first-order valence-electron chi connectivity index (χ1n) is 3.45. The van der Waals surface area contributed by atoms with Gasteiger partial charge in [-0.25, -0.2) is 0 Å². The molecule has 1 atom stereocenters. The third-order valence-electron chi connectivity index (χ3n) is 2.06. The van der Waals surface area contributed by atoms with Crippen LogP contribution in [0.15, 0.2) is 24.3 Å². The van der Waals surface area contributed by atoms with E-state index in [0.717, 1.165) is 5.92 Å². The first-order valence-corrected chi connectivity index (χ1v) is 3.45. The molecule has 1 aromatic rings. The van der Waals surface area contributed by atoms with Crippen LogP contribution in [0.1, 0.15) is 24.0 Å². The lowest BCUT2D eigenvalue weighted by molar-refractivity contribution is 0.802. The van der Waals surface area contributed by atoms with Gasteiger partial charge in [0, 0.05) is 0 Å². The molecular formula is C9H10. The van der Waals surface area contributed by atoms with Crippen molar-refractivity contribution in [2.45, 2.75) is 19.3 Å². The predicted octanol–water partition coefficient (Wildman–Crippen LogP) is 2.35. The van der Waals surface area contributed by atoms with Gasteiger partial charge in [0.1, 0.15) is 0 Å². The minimum absolute atomic E-state index is 0.773. The summed E-state index contributed by atoms with van der Waals surface area (Å²) in [6.07, 6.45) is 1.25. The van der Waals surface area contributed by atoms with Crippen molar-refractivity contribution >= 4 is 0 Å². The zero-order chi connectivity index (χ0) is 6.27. The maximum absolute atomic E-state index is 2.30. The Labute approximate surface area is 55.5 Å². The van der Waals surface area contributed by atoms with Crippen molar-refractivity contribution in [1.82, 2.24) is 0 Å². The lowest BCUT2D eigenvalue weighted by Crippen LogP contribution is -1.84. The highest BCUT2D eigenvalue weighted by atomic mass is 14.2. The van der Waals surface area contributed by atoms with Gasteiger partial charge in [-0.3, -0.25) is 0 Å². The second-order valence-corrected chi connectivity index (χ2v) is 2.85. The van der Waals surface area contributed by atoms with Gasteiger partial charge in [0.15, 0.2) is 0 Å². The molecule has 0 spiro atoms. The summed E-state index contributed by atoms with van der Waals surface area (Å²) < 4.78 is 0. The van der Waals surface area contributed by atoms with Gasteiger partial charge >= 0.3 is 0 Å². The molecule has 0 fully saturated rings. The molecule has 2 bridgehead atoms. The number of hydrogen-bond acceptors (Lipinski definition) is 0. The lowest BCUT2D eigenvalue weighted by Gasteiger charge is -1.97. The zero-order valence-corrected chi connectivity index (χ0v) is 5.59. The quantitative estimate of drug-likeness (QED) is 0.490. The second-order valence-electron chi connectivity index (χ2n) is 2.85. The molecule has 0 heterocycles. The third kappa shape index (κ3) is 0.663. The number of rotatable bonds is 0. The largest absolute Gasteiger partial charge is 0.0617 e. The van der Waals surface area contributed by atoms with E-state index in [0.29, 0.717) is 0 Å². The Balaban J connectivity index is 2.56. The van der Waals surface area contributed by atoms with Gasteiger partial charge in [-0.2, -0.15) is 0 Å². The van der Waals surface area contributed by atoms with Crippen LogP contribution in [0.2, 0.25) is 0 Å². The summed E-state index contributed by atoms with van der Waals surface area (Å²) in [5.41, 5.74) is 3.01. The molecule has 1 unspecified atom stereocenters. The van der Waals surface area contributed by atoms with E-state index >= 15 is 0 Å². The van der Waals surface area contributed by atoms with Gasteiger partial charge in [-0.15, -0.1) is 0 Å². The summed E-state index contributed by atoms with van der Waals surface area (Å²) in [4.78, 5) is 0. The van der Waals surface area contributed by atoms with Crippen molar-refractivity contribution in [3.8, 4) is 0 Å². The van der Waals surface area contributed by atoms with E-state index < -0.39 is 0 Å². The molecule has 0 saturated carbocycles. The highest BCUT2D eigenvalue weighted by Crippen LogP contribution is 2.27. The molecule has 46 valence electrons. The first kappa shape index (κ1) is 5.04. The molecule has 0 N–H and O–H groups in total.